The molecule has 0 N–H and O–H groups in total. The summed E-state index contributed by atoms with van der Waals surface area (Å²) in [5.74, 6) is 0. The van der Waals surface area contributed by atoms with Gasteiger partial charge in [0.15, 0.2) is 0 Å². The van der Waals surface area contributed by atoms with Crippen molar-refractivity contribution in [1.29, 1.82) is 0 Å². The molecule has 0 saturated carbocycles. The Kier molecular flexibility index (Phi) is 5.06. The first-order valence-corrected chi connectivity index (χ1v) is 5.29. The molecule has 1 aromatic heterocycles. The first-order valence-electron chi connectivity index (χ1n) is 5.29. The number of unbranched alkanes of at least 4 members (excludes halogenated alkanes) is 2. The van der Waals surface area contributed by atoms with E-state index in [1.165, 1.54) is 19.3 Å². The third-order valence-corrected chi connectivity index (χ3v) is 2.09. The van der Waals surface area contributed by atoms with Gasteiger partial charge >= 0.3 is 54.1 Å². The van der Waals surface area contributed by atoms with Gasteiger partial charge in [-0.3, -0.25) is 0 Å². The molecule has 0 aliphatic heterocycles. The van der Waals surface area contributed by atoms with Gasteiger partial charge in [0.05, 0.1) is 0 Å². The molecule has 1 aromatic carbocycles. The molecule has 14 heavy (non-hydrogen) atoms. The average Bonchev–Trinajstić information content (AvgIpc) is 2.67. The van der Waals surface area contributed by atoms with Gasteiger partial charge < -0.3 is 0 Å². The standard InChI is InChI=1S/C7H5BO.C5H12/c1-2-4-7-6(3-1)5-9-8-7;1-3-5-4-2/h1-5H;3-5H2,1-2H3/p+1. The molecule has 1 nitrogen and oxygen atoms in total. The van der Waals surface area contributed by atoms with Crippen molar-refractivity contribution in [3.8, 4) is 0 Å². The second kappa shape index (κ2) is 6.42. The van der Waals surface area contributed by atoms with Crippen LogP contribution in [0.5, 0.6) is 0 Å². The van der Waals surface area contributed by atoms with E-state index in [4.69, 9.17) is 4.33 Å². The normalized spacial score (nSPS) is 9.29. The molecule has 1 heterocycles. The van der Waals surface area contributed by atoms with Gasteiger partial charge in [-0.25, -0.2) is 0 Å². The van der Waals surface area contributed by atoms with Crippen LogP contribution in [0, 0.1) is 0 Å². The topological polar surface area (TPSA) is 13.1 Å². The summed E-state index contributed by atoms with van der Waals surface area (Å²) in [5, 5.41) is 2.33. The third-order valence-electron chi connectivity index (χ3n) is 2.09. The van der Waals surface area contributed by atoms with E-state index < -0.39 is 0 Å². The molecule has 0 spiro atoms. The van der Waals surface area contributed by atoms with Crippen LogP contribution >= 0.6 is 0 Å². The minimum atomic E-state index is 0. The summed E-state index contributed by atoms with van der Waals surface area (Å²) in [6.07, 6.45) is 5.82. The van der Waals surface area contributed by atoms with Gasteiger partial charge in [-0.05, 0) is 0 Å². The van der Waals surface area contributed by atoms with Crippen molar-refractivity contribution >= 4 is 17.8 Å². The molecular weight excluding hydrogens is 171 g/mol. The van der Waals surface area contributed by atoms with Crippen LogP contribution in [0.3, 0.4) is 0 Å². The van der Waals surface area contributed by atoms with Crippen LogP contribution in [0.15, 0.2) is 34.9 Å². The van der Waals surface area contributed by atoms with Gasteiger partial charge in [0.2, 0.25) is 0 Å². The van der Waals surface area contributed by atoms with Crippen LogP contribution in [0.1, 0.15) is 34.5 Å². The van der Waals surface area contributed by atoms with Crippen LogP contribution in [0.25, 0.3) is 10.7 Å². The Morgan fingerprint density at radius 1 is 1.21 bits per heavy atom. The fourth-order valence-corrected chi connectivity index (χ4v) is 1.26. The second-order valence-corrected chi connectivity index (χ2v) is 3.35. The molecule has 0 saturated heterocycles. The molecule has 0 amide bonds. The average molecular weight is 189 g/mol. The Balaban J connectivity index is 0.000000289. The molecule has 0 fully saturated rings. The van der Waals surface area contributed by atoms with Crippen molar-refractivity contribution in [3.05, 3.63) is 30.5 Å². The van der Waals surface area contributed by atoms with E-state index in [1.807, 2.05) is 24.3 Å². The Bertz CT molecular complexity index is 327. The third kappa shape index (κ3) is 3.37. The summed E-state index contributed by atoms with van der Waals surface area (Å²) in [6.45, 7) is 4.42. The van der Waals surface area contributed by atoms with E-state index in [0.717, 1.165) is 10.7 Å². The predicted octanol–water partition coefficient (Wildman–Crippen LogP) is 4.08. The van der Waals surface area contributed by atoms with Gasteiger partial charge in [0, 0.05) is 0 Å². The van der Waals surface area contributed by atoms with Crippen LogP contribution in [-0.4, -0.2) is 7.13 Å². The Labute approximate surface area is 87.9 Å². The minimum absolute atomic E-state index is 0. The molecule has 0 radical (unpaired) electrons. The summed E-state index contributed by atoms with van der Waals surface area (Å²) in [5.41, 5.74) is 0. The molecule has 0 atom stereocenters. The van der Waals surface area contributed by atoms with Gasteiger partial charge in [0.1, 0.15) is 0 Å². The summed E-state index contributed by atoms with van der Waals surface area (Å²) >= 11 is 0. The van der Waals surface area contributed by atoms with Gasteiger partial charge in [-0.2, -0.15) is 0 Å². The number of hydrogen-bond donors (Lipinski definition) is 0. The van der Waals surface area contributed by atoms with Crippen molar-refractivity contribution in [2.45, 2.75) is 33.1 Å². The molecule has 0 bridgehead atoms. The van der Waals surface area contributed by atoms with E-state index >= 15 is 0 Å². The molecule has 2 aromatic rings. The van der Waals surface area contributed by atoms with Gasteiger partial charge in [-0.1, -0.05) is 33.1 Å². The molecule has 0 aliphatic rings. The van der Waals surface area contributed by atoms with Gasteiger partial charge in [-0.15, -0.1) is 0 Å². The first kappa shape index (κ1) is 11.0. The fraction of sp³-hybridized carbons (Fsp3) is 0.417. The number of rotatable bonds is 2. The van der Waals surface area contributed by atoms with Crippen molar-refractivity contribution in [2.75, 3.05) is 0 Å². The fourth-order valence-electron chi connectivity index (χ4n) is 1.26. The summed E-state index contributed by atoms with van der Waals surface area (Å²) in [4.78, 5) is 0. The monoisotopic (exact) mass is 189 g/mol. The number of fused-ring (bicyclic) bond motifs is 1. The number of hydrogen-bond acceptors (Lipinski definition) is 1. The zero-order valence-electron chi connectivity index (χ0n) is 9.99. The molecule has 2 rings (SSSR count). The van der Waals surface area contributed by atoms with Crippen LogP contribution in [-0.2, 0) is 0 Å². The van der Waals surface area contributed by atoms with Gasteiger partial charge in [0.25, 0.3) is 0 Å². The van der Waals surface area contributed by atoms with Crippen LogP contribution in [0.4, 0.5) is 0 Å². The number of benzene rings is 1. The Morgan fingerprint density at radius 2 is 1.93 bits per heavy atom. The first-order chi connectivity index (χ1) is 6.88. The predicted molar refractivity (Wildman–Crippen MR) is 63.9 cm³/mol. The van der Waals surface area contributed by atoms with Crippen molar-refractivity contribution in [3.63, 3.8) is 0 Å². The summed E-state index contributed by atoms with van der Waals surface area (Å²) in [7, 11) is 1.75. The molecular formula is C12H18BO+. The van der Waals surface area contributed by atoms with E-state index in [2.05, 4.69) is 13.8 Å². The molecule has 0 unspecified atom stereocenters. The second-order valence-electron chi connectivity index (χ2n) is 3.35. The van der Waals surface area contributed by atoms with Crippen LogP contribution in [0.2, 0.25) is 0 Å². The van der Waals surface area contributed by atoms with E-state index in [-0.39, 0.29) is 1.43 Å². The van der Waals surface area contributed by atoms with E-state index in [0.29, 0.717) is 0 Å². The summed E-state index contributed by atoms with van der Waals surface area (Å²) < 4.78 is 4.96. The molecule has 2 heteroatoms. The Morgan fingerprint density at radius 3 is 2.50 bits per heavy atom. The van der Waals surface area contributed by atoms with Crippen molar-refractivity contribution < 1.29 is 5.76 Å². The molecule has 0 aliphatic carbocycles. The SMILES string of the molecule is CCCCC.[H+].b1occ2ccccc12. The van der Waals surface area contributed by atoms with E-state index in [9.17, 15) is 0 Å². The van der Waals surface area contributed by atoms with E-state index in [1.54, 1.807) is 13.4 Å². The van der Waals surface area contributed by atoms with Crippen LogP contribution < -0.4 is 0 Å². The molecule has 74 valence electrons. The Hall–Kier alpha value is -1.05. The summed E-state index contributed by atoms with van der Waals surface area (Å²) in [6, 6.07) is 8.05. The van der Waals surface area contributed by atoms with Crippen molar-refractivity contribution in [1.82, 2.24) is 0 Å². The maximum absolute atomic E-state index is 4.96. The van der Waals surface area contributed by atoms with Crippen molar-refractivity contribution in [2.24, 2.45) is 0 Å². The quantitative estimate of drug-likeness (QED) is 0.693. The zero-order chi connectivity index (χ0) is 10.2. The zero-order valence-corrected chi connectivity index (χ0v) is 8.99. The maximum atomic E-state index is 4.96.